The average molecular weight is 328 g/mol. The Morgan fingerprint density at radius 1 is 1.53 bits per heavy atom. The van der Waals surface area contributed by atoms with Gasteiger partial charge in [-0.3, -0.25) is 0 Å². The van der Waals surface area contributed by atoms with Crippen molar-refractivity contribution >= 4 is 27.6 Å². The Labute approximate surface area is 121 Å². The molecule has 5 heteroatoms. The topological polar surface area (TPSA) is 47.6 Å². The molecule has 1 aromatic rings. The van der Waals surface area contributed by atoms with Gasteiger partial charge in [-0.1, -0.05) is 15.9 Å². The molecule has 2 unspecified atom stereocenters. The maximum Gasteiger partial charge on any atom is 0.334 e. The number of esters is 1. The van der Waals surface area contributed by atoms with Gasteiger partial charge in [-0.05, 0) is 38.1 Å². The fourth-order valence-corrected chi connectivity index (χ4v) is 2.54. The molecule has 0 spiro atoms. The van der Waals surface area contributed by atoms with E-state index in [9.17, 15) is 4.79 Å². The highest BCUT2D eigenvalue weighted by atomic mass is 79.9. The molecule has 1 heterocycles. The molecule has 0 saturated carbocycles. The normalized spacial score (nSPS) is 26.2. The Morgan fingerprint density at radius 3 is 2.74 bits per heavy atom. The van der Waals surface area contributed by atoms with Crippen molar-refractivity contribution < 1.29 is 14.3 Å². The quantitative estimate of drug-likeness (QED) is 0.864. The van der Waals surface area contributed by atoms with Crippen LogP contribution in [0.2, 0.25) is 0 Å². The van der Waals surface area contributed by atoms with Gasteiger partial charge in [-0.2, -0.15) is 0 Å². The molecule has 0 aliphatic carbocycles. The van der Waals surface area contributed by atoms with E-state index in [1.54, 1.807) is 0 Å². The second-order valence-corrected chi connectivity index (χ2v) is 5.50. The molecule has 0 radical (unpaired) electrons. The first-order valence-electron chi connectivity index (χ1n) is 6.41. The van der Waals surface area contributed by atoms with Crippen LogP contribution in [0.4, 0.5) is 5.69 Å². The van der Waals surface area contributed by atoms with Crippen molar-refractivity contribution in [1.29, 1.82) is 0 Å². The number of hydrogen-bond acceptors (Lipinski definition) is 4. The van der Waals surface area contributed by atoms with E-state index >= 15 is 0 Å². The zero-order valence-electron chi connectivity index (χ0n) is 11.1. The average Bonchev–Trinajstić information content (AvgIpc) is 2.75. The molecule has 104 valence electrons. The number of halogens is 1. The molecule has 2 atom stereocenters. The van der Waals surface area contributed by atoms with Gasteiger partial charge >= 0.3 is 5.97 Å². The van der Waals surface area contributed by atoms with Gasteiger partial charge < -0.3 is 14.8 Å². The molecule has 0 amide bonds. The van der Waals surface area contributed by atoms with Gasteiger partial charge in [-0.15, -0.1) is 0 Å². The zero-order chi connectivity index (χ0) is 13.9. The molecule has 4 nitrogen and oxygen atoms in total. The minimum Gasteiger partial charge on any atom is -0.464 e. The molecule has 1 aliphatic rings. The number of carbonyl (C=O) groups excluding carboxylic acids is 1. The van der Waals surface area contributed by atoms with Crippen LogP contribution < -0.4 is 5.32 Å². The molecule has 1 fully saturated rings. The Kier molecular flexibility index (Phi) is 4.47. The molecular formula is C14H18BrNO3. The summed E-state index contributed by atoms with van der Waals surface area (Å²) in [6.45, 7) is 4.64. The maximum absolute atomic E-state index is 12.3. The number of nitrogens with one attached hydrogen (secondary N) is 1. The Balaban J connectivity index is 2.23. The standard InChI is InChI=1S/C14H18BrNO3/c1-3-18-13(17)14(8-9-19-10(14)2)16-12-6-4-11(15)5-7-12/h4-7,10,16H,3,8-9H2,1-2H3. The Hall–Kier alpha value is -1.07. The molecule has 1 aromatic carbocycles. The van der Waals surface area contributed by atoms with E-state index in [2.05, 4.69) is 21.2 Å². The predicted octanol–water partition coefficient (Wildman–Crippen LogP) is 2.97. The number of ether oxygens (including phenoxy) is 2. The summed E-state index contributed by atoms with van der Waals surface area (Å²) in [5.41, 5.74) is 0.0951. The Bertz CT molecular complexity index is 449. The van der Waals surface area contributed by atoms with E-state index in [0.29, 0.717) is 19.6 Å². The highest BCUT2D eigenvalue weighted by Crippen LogP contribution is 2.31. The maximum atomic E-state index is 12.3. The van der Waals surface area contributed by atoms with Crippen molar-refractivity contribution in [3.63, 3.8) is 0 Å². The molecular weight excluding hydrogens is 310 g/mol. The summed E-state index contributed by atoms with van der Waals surface area (Å²) in [6, 6.07) is 7.72. The lowest BCUT2D eigenvalue weighted by atomic mass is 9.91. The van der Waals surface area contributed by atoms with Gasteiger partial charge in [0.1, 0.15) is 0 Å². The van der Waals surface area contributed by atoms with Crippen LogP contribution in [0, 0.1) is 0 Å². The van der Waals surface area contributed by atoms with Crippen LogP contribution in [0.1, 0.15) is 20.3 Å². The van der Waals surface area contributed by atoms with Crippen molar-refractivity contribution in [3.05, 3.63) is 28.7 Å². The number of rotatable bonds is 4. The number of hydrogen-bond donors (Lipinski definition) is 1. The summed E-state index contributed by atoms with van der Waals surface area (Å²) >= 11 is 3.39. The van der Waals surface area contributed by atoms with Crippen molar-refractivity contribution in [2.45, 2.75) is 31.9 Å². The van der Waals surface area contributed by atoms with E-state index in [1.807, 2.05) is 38.1 Å². The van der Waals surface area contributed by atoms with Crippen molar-refractivity contribution in [1.82, 2.24) is 0 Å². The van der Waals surface area contributed by atoms with Gasteiger partial charge in [0.2, 0.25) is 0 Å². The third kappa shape index (κ3) is 2.92. The molecule has 1 aliphatic heterocycles. The first-order valence-corrected chi connectivity index (χ1v) is 7.20. The molecule has 1 N–H and O–H groups in total. The first kappa shape index (κ1) is 14.3. The van der Waals surface area contributed by atoms with Crippen LogP contribution in [0.3, 0.4) is 0 Å². The predicted molar refractivity (Wildman–Crippen MR) is 77.2 cm³/mol. The van der Waals surface area contributed by atoms with E-state index in [0.717, 1.165) is 10.2 Å². The van der Waals surface area contributed by atoms with E-state index in [4.69, 9.17) is 9.47 Å². The fraction of sp³-hybridized carbons (Fsp3) is 0.500. The van der Waals surface area contributed by atoms with Crippen LogP contribution in [-0.4, -0.2) is 30.8 Å². The molecule has 2 rings (SSSR count). The largest absolute Gasteiger partial charge is 0.464 e. The minimum atomic E-state index is -0.788. The summed E-state index contributed by atoms with van der Waals surface area (Å²) in [6.07, 6.45) is 0.401. The minimum absolute atomic E-state index is 0.213. The van der Waals surface area contributed by atoms with Gasteiger partial charge in [0, 0.05) is 23.2 Å². The lowest BCUT2D eigenvalue weighted by Crippen LogP contribution is -2.52. The highest BCUT2D eigenvalue weighted by Gasteiger charge is 2.49. The second kappa shape index (κ2) is 5.92. The monoisotopic (exact) mass is 327 g/mol. The van der Waals surface area contributed by atoms with Crippen LogP contribution in [0.15, 0.2) is 28.7 Å². The summed E-state index contributed by atoms with van der Waals surface area (Å²) < 4.78 is 11.8. The van der Waals surface area contributed by atoms with E-state index in [1.165, 1.54) is 0 Å². The fourth-order valence-electron chi connectivity index (χ4n) is 2.28. The lowest BCUT2D eigenvalue weighted by Gasteiger charge is -2.31. The van der Waals surface area contributed by atoms with Crippen LogP contribution >= 0.6 is 15.9 Å². The SMILES string of the molecule is CCOC(=O)C1(Nc2ccc(Br)cc2)CCOC1C. The number of benzene rings is 1. The third-order valence-electron chi connectivity index (χ3n) is 3.41. The van der Waals surface area contributed by atoms with E-state index in [-0.39, 0.29) is 12.1 Å². The molecule has 19 heavy (non-hydrogen) atoms. The van der Waals surface area contributed by atoms with Crippen molar-refractivity contribution in [3.8, 4) is 0 Å². The summed E-state index contributed by atoms with van der Waals surface area (Å²) in [4.78, 5) is 12.3. The van der Waals surface area contributed by atoms with Crippen LogP contribution in [0.5, 0.6) is 0 Å². The van der Waals surface area contributed by atoms with Crippen molar-refractivity contribution in [2.75, 3.05) is 18.5 Å². The van der Waals surface area contributed by atoms with E-state index < -0.39 is 5.54 Å². The smallest absolute Gasteiger partial charge is 0.334 e. The first-order chi connectivity index (χ1) is 9.08. The highest BCUT2D eigenvalue weighted by molar-refractivity contribution is 9.10. The van der Waals surface area contributed by atoms with Crippen LogP contribution in [0.25, 0.3) is 0 Å². The number of carbonyl (C=O) groups is 1. The molecule has 0 bridgehead atoms. The molecule has 0 aromatic heterocycles. The zero-order valence-corrected chi connectivity index (χ0v) is 12.7. The number of anilines is 1. The molecule has 1 saturated heterocycles. The third-order valence-corrected chi connectivity index (χ3v) is 3.94. The summed E-state index contributed by atoms with van der Waals surface area (Å²) in [5, 5.41) is 3.30. The summed E-state index contributed by atoms with van der Waals surface area (Å²) in [7, 11) is 0. The van der Waals surface area contributed by atoms with Crippen molar-refractivity contribution in [2.24, 2.45) is 0 Å². The van der Waals surface area contributed by atoms with Crippen LogP contribution in [-0.2, 0) is 14.3 Å². The summed E-state index contributed by atoms with van der Waals surface area (Å²) in [5.74, 6) is -0.247. The van der Waals surface area contributed by atoms with Gasteiger partial charge in [0.25, 0.3) is 0 Å². The lowest BCUT2D eigenvalue weighted by molar-refractivity contribution is -0.150. The van der Waals surface area contributed by atoms with Gasteiger partial charge in [0.15, 0.2) is 5.54 Å². The van der Waals surface area contributed by atoms with Gasteiger partial charge in [-0.25, -0.2) is 4.79 Å². The van der Waals surface area contributed by atoms with Gasteiger partial charge in [0.05, 0.1) is 12.7 Å². The second-order valence-electron chi connectivity index (χ2n) is 4.59. The Morgan fingerprint density at radius 2 is 2.21 bits per heavy atom.